The van der Waals surface area contributed by atoms with Crippen molar-refractivity contribution in [2.45, 2.75) is 0 Å². The minimum absolute atomic E-state index is 0.962. The van der Waals surface area contributed by atoms with Gasteiger partial charge in [-0.15, -0.1) is 0 Å². The van der Waals surface area contributed by atoms with Crippen molar-refractivity contribution in [1.29, 1.82) is 0 Å². The van der Waals surface area contributed by atoms with Crippen LogP contribution in [0.25, 0.3) is 88.3 Å². The topological polar surface area (TPSA) is 22.8 Å². The molecule has 224 valence electrons. The van der Waals surface area contributed by atoms with E-state index in [9.17, 15) is 0 Å². The summed E-state index contributed by atoms with van der Waals surface area (Å²) in [5.41, 5.74) is 11.2. The van der Waals surface area contributed by atoms with Crippen molar-refractivity contribution in [3.05, 3.63) is 176 Å². The van der Waals surface area contributed by atoms with Crippen LogP contribution >= 0.6 is 0 Å². The summed E-state index contributed by atoms with van der Waals surface area (Å²) in [7, 11) is 0. The highest BCUT2D eigenvalue weighted by molar-refractivity contribution is 6.11. The lowest BCUT2D eigenvalue weighted by atomic mass is 10.0. The van der Waals surface area contributed by atoms with Crippen LogP contribution in [0.1, 0.15) is 0 Å². The largest absolute Gasteiger partial charge is 0.309 e. The summed E-state index contributed by atoms with van der Waals surface area (Å²) < 4.78 is 4.73. The second kappa shape index (κ2) is 10.5. The molecular formula is C45H29N3. The van der Waals surface area contributed by atoms with Gasteiger partial charge < -0.3 is 9.13 Å². The molecule has 0 spiro atoms. The average Bonchev–Trinajstić information content (AvgIpc) is 3.67. The minimum Gasteiger partial charge on any atom is -0.309 e. The first-order chi connectivity index (χ1) is 23.8. The number of fused-ring (bicyclic) bond motifs is 7. The molecule has 10 aromatic rings. The van der Waals surface area contributed by atoms with Crippen molar-refractivity contribution < 1.29 is 0 Å². The van der Waals surface area contributed by atoms with E-state index in [-0.39, 0.29) is 0 Å². The molecule has 0 aliphatic carbocycles. The quantitative estimate of drug-likeness (QED) is 0.194. The molecule has 3 nitrogen and oxygen atoms in total. The predicted molar refractivity (Wildman–Crippen MR) is 201 cm³/mol. The summed E-state index contributed by atoms with van der Waals surface area (Å²) in [6.07, 6.45) is 0. The van der Waals surface area contributed by atoms with E-state index in [0.717, 1.165) is 33.9 Å². The molecule has 0 aliphatic heterocycles. The summed E-state index contributed by atoms with van der Waals surface area (Å²) in [6, 6.07) is 63.1. The van der Waals surface area contributed by atoms with Crippen LogP contribution < -0.4 is 0 Å². The molecule has 0 amide bonds. The Hall–Kier alpha value is -6.45. The maximum Gasteiger partial charge on any atom is 0.0709 e. The zero-order valence-corrected chi connectivity index (χ0v) is 26.1. The van der Waals surface area contributed by atoms with Crippen molar-refractivity contribution in [2.24, 2.45) is 0 Å². The van der Waals surface area contributed by atoms with E-state index in [2.05, 4.69) is 185 Å². The number of nitrogens with zero attached hydrogens (tertiary/aromatic N) is 3. The number of aromatic nitrogens is 3. The van der Waals surface area contributed by atoms with Gasteiger partial charge in [-0.25, -0.2) is 4.98 Å². The van der Waals surface area contributed by atoms with Crippen LogP contribution in [0.4, 0.5) is 0 Å². The van der Waals surface area contributed by atoms with Crippen molar-refractivity contribution in [3.63, 3.8) is 0 Å². The number of pyridine rings is 1. The smallest absolute Gasteiger partial charge is 0.0709 e. The van der Waals surface area contributed by atoms with Crippen LogP contribution in [0.15, 0.2) is 176 Å². The molecule has 0 N–H and O–H groups in total. The Kier molecular flexibility index (Phi) is 5.87. The van der Waals surface area contributed by atoms with E-state index in [1.807, 2.05) is 0 Å². The van der Waals surface area contributed by atoms with E-state index < -0.39 is 0 Å². The lowest BCUT2D eigenvalue weighted by Gasteiger charge is -2.10. The molecule has 48 heavy (non-hydrogen) atoms. The van der Waals surface area contributed by atoms with Gasteiger partial charge in [0.1, 0.15) is 0 Å². The van der Waals surface area contributed by atoms with Crippen LogP contribution in [0.2, 0.25) is 0 Å². The van der Waals surface area contributed by atoms with E-state index in [1.165, 1.54) is 54.4 Å². The third-order valence-electron chi connectivity index (χ3n) is 9.69. The third kappa shape index (κ3) is 4.11. The highest BCUT2D eigenvalue weighted by Crippen LogP contribution is 2.37. The third-order valence-corrected chi connectivity index (χ3v) is 9.69. The fourth-order valence-electron chi connectivity index (χ4n) is 7.47. The predicted octanol–water partition coefficient (Wildman–Crippen LogP) is 11.8. The number of benzene rings is 7. The molecule has 0 bridgehead atoms. The highest BCUT2D eigenvalue weighted by atomic mass is 15.0. The lowest BCUT2D eigenvalue weighted by Crippen LogP contribution is -1.94. The van der Waals surface area contributed by atoms with Crippen LogP contribution in [-0.2, 0) is 0 Å². The Labute approximate surface area is 277 Å². The second-order valence-corrected chi connectivity index (χ2v) is 12.4. The van der Waals surface area contributed by atoms with Crippen molar-refractivity contribution >= 4 is 54.4 Å². The molecule has 0 unspecified atom stereocenters. The van der Waals surface area contributed by atoms with Gasteiger partial charge in [0.15, 0.2) is 0 Å². The van der Waals surface area contributed by atoms with Gasteiger partial charge in [0.2, 0.25) is 0 Å². The summed E-state index contributed by atoms with van der Waals surface area (Å²) in [4.78, 5) is 5.24. The minimum atomic E-state index is 0.962. The van der Waals surface area contributed by atoms with Gasteiger partial charge in [0, 0.05) is 44.0 Å². The van der Waals surface area contributed by atoms with Gasteiger partial charge in [-0.05, 0) is 83.6 Å². The van der Waals surface area contributed by atoms with Gasteiger partial charge in [-0.3, -0.25) is 0 Å². The van der Waals surface area contributed by atoms with Crippen LogP contribution in [0.5, 0.6) is 0 Å². The first-order valence-corrected chi connectivity index (χ1v) is 16.4. The van der Waals surface area contributed by atoms with Crippen molar-refractivity contribution in [1.82, 2.24) is 14.1 Å². The highest BCUT2D eigenvalue weighted by Gasteiger charge is 2.16. The summed E-state index contributed by atoms with van der Waals surface area (Å²) >= 11 is 0. The molecule has 0 radical (unpaired) electrons. The van der Waals surface area contributed by atoms with E-state index in [1.54, 1.807) is 0 Å². The van der Waals surface area contributed by atoms with E-state index >= 15 is 0 Å². The van der Waals surface area contributed by atoms with Crippen LogP contribution in [0.3, 0.4) is 0 Å². The first kappa shape index (κ1) is 26.7. The lowest BCUT2D eigenvalue weighted by molar-refractivity contribution is 1.18. The SMILES string of the molecule is c1ccc(-n2c3ccccc3c3cc(-c4cccc(-c5ccc6c(c5)c5ccccc5n6-c5ccc6ccccc6c5)n4)ccc32)cc1. The van der Waals surface area contributed by atoms with Gasteiger partial charge >= 0.3 is 0 Å². The Morgan fingerprint density at radius 1 is 0.312 bits per heavy atom. The molecule has 0 saturated heterocycles. The number of hydrogen-bond donors (Lipinski definition) is 0. The molecule has 3 aromatic heterocycles. The fraction of sp³-hybridized carbons (Fsp3) is 0. The Bertz CT molecular complexity index is 2840. The number of hydrogen-bond acceptors (Lipinski definition) is 1. The first-order valence-electron chi connectivity index (χ1n) is 16.4. The zero-order chi connectivity index (χ0) is 31.6. The van der Waals surface area contributed by atoms with Crippen LogP contribution in [0, 0.1) is 0 Å². The Balaban J connectivity index is 1.10. The summed E-state index contributed by atoms with van der Waals surface area (Å²) in [5, 5.41) is 7.40. The number of rotatable bonds is 4. The van der Waals surface area contributed by atoms with Gasteiger partial charge in [-0.1, -0.05) is 103 Å². The maximum atomic E-state index is 5.24. The molecule has 3 heterocycles. The fourth-order valence-corrected chi connectivity index (χ4v) is 7.47. The molecule has 3 heteroatoms. The average molecular weight is 612 g/mol. The molecule has 10 rings (SSSR count). The van der Waals surface area contributed by atoms with Gasteiger partial charge in [0.25, 0.3) is 0 Å². The normalized spacial score (nSPS) is 11.8. The standard InChI is InChI=1S/C45H29N3/c1-2-13-34(14-3-1)47-42-19-8-6-15-36(42)38-28-32(22-25-44(38)47)40-17-10-18-41(46-40)33-23-26-45-39(29-33)37-16-7-9-20-43(37)48(45)35-24-21-30-11-4-5-12-31(30)27-35/h1-29H. The maximum absolute atomic E-state index is 5.24. The van der Waals surface area contributed by atoms with Crippen molar-refractivity contribution in [2.75, 3.05) is 0 Å². The molecular weight excluding hydrogens is 583 g/mol. The second-order valence-electron chi connectivity index (χ2n) is 12.4. The van der Waals surface area contributed by atoms with E-state index in [4.69, 9.17) is 4.98 Å². The number of para-hydroxylation sites is 3. The molecule has 0 atom stereocenters. The zero-order valence-electron chi connectivity index (χ0n) is 26.1. The Morgan fingerprint density at radius 3 is 1.48 bits per heavy atom. The molecule has 0 saturated carbocycles. The van der Waals surface area contributed by atoms with Gasteiger partial charge in [0.05, 0.1) is 33.5 Å². The van der Waals surface area contributed by atoms with E-state index in [0.29, 0.717) is 0 Å². The molecule has 0 fully saturated rings. The monoisotopic (exact) mass is 611 g/mol. The van der Waals surface area contributed by atoms with Crippen LogP contribution in [-0.4, -0.2) is 14.1 Å². The molecule has 7 aromatic carbocycles. The summed E-state index contributed by atoms with van der Waals surface area (Å²) in [5.74, 6) is 0. The molecule has 0 aliphatic rings. The van der Waals surface area contributed by atoms with Gasteiger partial charge in [-0.2, -0.15) is 0 Å². The Morgan fingerprint density at radius 2 is 0.833 bits per heavy atom. The summed E-state index contributed by atoms with van der Waals surface area (Å²) in [6.45, 7) is 0. The van der Waals surface area contributed by atoms with Crippen molar-refractivity contribution in [3.8, 4) is 33.9 Å².